The van der Waals surface area contributed by atoms with Crippen molar-refractivity contribution in [3.63, 3.8) is 0 Å². The molecule has 0 aliphatic carbocycles. The second kappa shape index (κ2) is 6.44. The van der Waals surface area contributed by atoms with Crippen LogP contribution in [0.5, 0.6) is 5.75 Å². The number of nitrogens with two attached hydrogens (primary N) is 1. The summed E-state index contributed by atoms with van der Waals surface area (Å²) in [5.74, 6) is 0.469. The maximum Gasteiger partial charge on any atom is 0.140 e. The summed E-state index contributed by atoms with van der Waals surface area (Å²) in [5, 5.41) is 1.19. The van der Waals surface area contributed by atoms with Crippen LogP contribution in [-0.2, 0) is 13.2 Å². The van der Waals surface area contributed by atoms with E-state index >= 15 is 0 Å². The Kier molecular flexibility index (Phi) is 4.88. The van der Waals surface area contributed by atoms with E-state index in [2.05, 4.69) is 4.98 Å². The van der Waals surface area contributed by atoms with Gasteiger partial charge in [0, 0.05) is 12.6 Å². The van der Waals surface area contributed by atoms with Gasteiger partial charge >= 0.3 is 0 Å². The van der Waals surface area contributed by atoms with E-state index in [1.165, 1.54) is 0 Å². The maximum absolute atomic E-state index is 6.02. The highest BCUT2D eigenvalue weighted by molar-refractivity contribution is 6.43. The average molecular weight is 318 g/mol. The Balaban J connectivity index is 2.12. The first-order valence-corrected chi connectivity index (χ1v) is 6.65. The fourth-order valence-corrected chi connectivity index (χ4v) is 2.08. The summed E-state index contributed by atoms with van der Waals surface area (Å²) in [6.45, 7) is 0.674. The highest BCUT2D eigenvalue weighted by Crippen LogP contribution is 2.34. The molecular weight excluding hydrogens is 307 g/mol. The first-order chi connectivity index (χ1) is 9.10. The van der Waals surface area contributed by atoms with E-state index in [1.54, 1.807) is 12.1 Å². The van der Waals surface area contributed by atoms with E-state index in [1.807, 2.05) is 18.2 Å². The van der Waals surface area contributed by atoms with Crippen molar-refractivity contribution in [3.8, 4) is 5.75 Å². The number of aromatic nitrogens is 1. The highest BCUT2D eigenvalue weighted by Gasteiger charge is 2.07. The van der Waals surface area contributed by atoms with Crippen molar-refractivity contribution >= 4 is 34.8 Å². The lowest BCUT2D eigenvalue weighted by Gasteiger charge is -2.09. The van der Waals surface area contributed by atoms with Crippen molar-refractivity contribution < 1.29 is 4.74 Å². The molecule has 1 aromatic carbocycles. The van der Waals surface area contributed by atoms with Gasteiger partial charge in [-0.2, -0.15) is 0 Å². The minimum atomic E-state index is 0.283. The third-order valence-electron chi connectivity index (χ3n) is 2.42. The number of ether oxygens (including phenoxy) is 1. The third-order valence-corrected chi connectivity index (χ3v) is 3.44. The van der Waals surface area contributed by atoms with E-state index in [0.29, 0.717) is 27.4 Å². The number of pyridine rings is 1. The molecule has 0 radical (unpaired) electrons. The molecule has 2 rings (SSSR count). The van der Waals surface area contributed by atoms with Crippen LogP contribution in [0.1, 0.15) is 11.4 Å². The quantitative estimate of drug-likeness (QED) is 0.864. The standard InChI is InChI=1S/C13H11Cl3N2O/c14-10-4-12(16)13(5-11(10)15)19-7-9-3-1-2-8(6-17)18-9/h1-5H,6-7,17H2. The first kappa shape index (κ1) is 14.4. The van der Waals surface area contributed by atoms with E-state index in [0.717, 1.165) is 11.4 Å². The predicted octanol–water partition coefficient (Wildman–Crippen LogP) is 4.08. The molecule has 0 amide bonds. The zero-order chi connectivity index (χ0) is 13.8. The first-order valence-electron chi connectivity index (χ1n) is 5.52. The molecule has 0 saturated heterocycles. The van der Waals surface area contributed by atoms with E-state index in [9.17, 15) is 0 Å². The van der Waals surface area contributed by atoms with Crippen LogP contribution in [0.4, 0.5) is 0 Å². The molecule has 0 aliphatic rings. The normalized spacial score (nSPS) is 10.5. The smallest absolute Gasteiger partial charge is 0.140 e. The Morgan fingerprint density at radius 3 is 2.42 bits per heavy atom. The molecule has 0 atom stereocenters. The molecule has 3 nitrogen and oxygen atoms in total. The van der Waals surface area contributed by atoms with Crippen LogP contribution < -0.4 is 10.5 Å². The van der Waals surface area contributed by atoms with Crippen LogP contribution in [0.15, 0.2) is 30.3 Å². The van der Waals surface area contributed by atoms with Crippen LogP contribution in [0.25, 0.3) is 0 Å². The number of benzene rings is 1. The van der Waals surface area contributed by atoms with Gasteiger partial charge in [0.2, 0.25) is 0 Å². The fraction of sp³-hybridized carbons (Fsp3) is 0.154. The van der Waals surface area contributed by atoms with Crippen molar-refractivity contribution in [1.82, 2.24) is 4.98 Å². The van der Waals surface area contributed by atoms with Gasteiger partial charge in [0.25, 0.3) is 0 Å². The molecule has 19 heavy (non-hydrogen) atoms. The van der Waals surface area contributed by atoms with Gasteiger partial charge in [-0.15, -0.1) is 0 Å². The molecule has 1 aromatic heterocycles. The molecule has 1 heterocycles. The number of nitrogens with zero attached hydrogens (tertiary/aromatic N) is 1. The van der Waals surface area contributed by atoms with Gasteiger partial charge in [0.05, 0.1) is 26.5 Å². The van der Waals surface area contributed by atoms with Gasteiger partial charge in [-0.25, -0.2) is 0 Å². The summed E-state index contributed by atoms with van der Waals surface area (Å²) in [7, 11) is 0. The van der Waals surface area contributed by atoms with Crippen LogP contribution >= 0.6 is 34.8 Å². The summed E-state index contributed by atoms with van der Waals surface area (Å²) in [4.78, 5) is 4.32. The average Bonchev–Trinajstić information content (AvgIpc) is 2.41. The van der Waals surface area contributed by atoms with Gasteiger partial charge in [-0.1, -0.05) is 40.9 Å². The molecule has 100 valence electrons. The van der Waals surface area contributed by atoms with Gasteiger partial charge in [-0.05, 0) is 18.2 Å². The molecule has 0 saturated carbocycles. The van der Waals surface area contributed by atoms with Crippen molar-refractivity contribution in [3.05, 3.63) is 56.8 Å². The number of rotatable bonds is 4. The molecule has 0 aliphatic heterocycles. The molecule has 0 fully saturated rings. The van der Waals surface area contributed by atoms with Crippen LogP contribution in [-0.4, -0.2) is 4.98 Å². The van der Waals surface area contributed by atoms with Crippen molar-refractivity contribution in [2.24, 2.45) is 5.73 Å². The molecular formula is C13H11Cl3N2O. The second-order valence-corrected chi connectivity index (χ2v) is 5.03. The molecule has 0 unspecified atom stereocenters. The molecule has 0 spiro atoms. The minimum absolute atomic E-state index is 0.283. The van der Waals surface area contributed by atoms with Crippen molar-refractivity contribution in [2.75, 3.05) is 0 Å². The SMILES string of the molecule is NCc1cccc(COc2cc(Cl)c(Cl)cc2Cl)n1. The van der Waals surface area contributed by atoms with E-state index < -0.39 is 0 Å². The number of halogens is 3. The van der Waals surface area contributed by atoms with E-state index in [-0.39, 0.29) is 6.61 Å². The molecule has 6 heteroatoms. The summed E-state index contributed by atoms with van der Waals surface area (Å²) in [6.07, 6.45) is 0. The van der Waals surface area contributed by atoms with E-state index in [4.69, 9.17) is 45.3 Å². The lowest BCUT2D eigenvalue weighted by molar-refractivity contribution is 0.301. The Bertz CT molecular complexity index is 590. The lowest BCUT2D eigenvalue weighted by atomic mass is 10.3. The number of hydrogen-bond acceptors (Lipinski definition) is 3. The molecule has 0 bridgehead atoms. The third kappa shape index (κ3) is 3.74. The van der Waals surface area contributed by atoms with Gasteiger partial charge in [0.15, 0.2) is 0 Å². The fourth-order valence-electron chi connectivity index (χ4n) is 1.49. The zero-order valence-electron chi connectivity index (χ0n) is 9.87. The predicted molar refractivity (Wildman–Crippen MR) is 77.9 cm³/mol. The van der Waals surface area contributed by atoms with Crippen LogP contribution in [0.2, 0.25) is 15.1 Å². The molecule has 2 aromatic rings. The Morgan fingerprint density at radius 2 is 1.68 bits per heavy atom. The topological polar surface area (TPSA) is 48.1 Å². The van der Waals surface area contributed by atoms with Crippen LogP contribution in [0.3, 0.4) is 0 Å². The van der Waals surface area contributed by atoms with Gasteiger partial charge in [0.1, 0.15) is 12.4 Å². The molecule has 2 N–H and O–H groups in total. The summed E-state index contributed by atoms with van der Waals surface area (Å²) < 4.78 is 5.58. The monoisotopic (exact) mass is 316 g/mol. The van der Waals surface area contributed by atoms with Crippen LogP contribution in [0, 0.1) is 0 Å². The lowest BCUT2D eigenvalue weighted by Crippen LogP contribution is -2.04. The zero-order valence-corrected chi connectivity index (χ0v) is 12.1. The Morgan fingerprint density at radius 1 is 1.00 bits per heavy atom. The second-order valence-electron chi connectivity index (χ2n) is 3.81. The summed E-state index contributed by atoms with van der Waals surface area (Å²) in [6, 6.07) is 8.72. The maximum atomic E-state index is 6.02. The minimum Gasteiger partial charge on any atom is -0.486 e. The number of hydrogen-bond donors (Lipinski definition) is 1. The highest BCUT2D eigenvalue weighted by atomic mass is 35.5. The van der Waals surface area contributed by atoms with Crippen molar-refractivity contribution in [1.29, 1.82) is 0 Å². The summed E-state index contributed by atoms with van der Waals surface area (Å²) >= 11 is 17.8. The van der Waals surface area contributed by atoms with Gasteiger partial charge in [-0.3, -0.25) is 4.98 Å². The van der Waals surface area contributed by atoms with Gasteiger partial charge < -0.3 is 10.5 Å². The Labute approximate surface area is 126 Å². The largest absolute Gasteiger partial charge is 0.486 e. The van der Waals surface area contributed by atoms with Crippen molar-refractivity contribution in [2.45, 2.75) is 13.2 Å². The summed E-state index contributed by atoms with van der Waals surface area (Å²) in [5.41, 5.74) is 7.11. The Hall–Kier alpha value is -1.000.